The number of esters is 1. The van der Waals surface area contributed by atoms with Crippen LogP contribution in [0.15, 0.2) is 72.8 Å². The zero-order valence-corrected chi connectivity index (χ0v) is 14.5. The number of benzene rings is 3. The van der Waals surface area contributed by atoms with Crippen LogP contribution in [0, 0.1) is 0 Å². The summed E-state index contributed by atoms with van der Waals surface area (Å²) < 4.78 is 5.32. The Balaban J connectivity index is 1.59. The van der Waals surface area contributed by atoms with E-state index in [9.17, 15) is 14.4 Å². The quantitative estimate of drug-likeness (QED) is 0.523. The highest BCUT2D eigenvalue weighted by atomic mass is 16.5. The molecule has 0 aliphatic heterocycles. The molecular weight excluding hydrogens is 340 g/mol. The van der Waals surface area contributed by atoms with Crippen molar-refractivity contribution in [1.82, 2.24) is 0 Å². The molecule has 0 unspecified atom stereocenters. The Hall–Kier alpha value is -3.53. The van der Waals surface area contributed by atoms with Crippen LogP contribution >= 0.6 is 0 Å². The van der Waals surface area contributed by atoms with E-state index in [1.165, 1.54) is 0 Å². The number of carbonyl (C=O) groups excluding carboxylic acids is 3. The molecular formula is C23H16O4. The Morgan fingerprint density at radius 3 is 2.07 bits per heavy atom. The maximum absolute atomic E-state index is 12.9. The summed E-state index contributed by atoms with van der Waals surface area (Å²) in [4.78, 5) is 38.0. The number of ether oxygens (including phenoxy) is 1. The van der Waals surface area contributed by atoms with Gasteiger partial charge >= 0.3 is 5.97 Å². The first-order valence-electron chi connectivity index (χ1n) is 8.65. The predicted molar refractivity (Wildman–Crippen MR) is 99.7 cm³/mol. The molecule has 4 heteroatoms. The Kier molecular flexibility index (Phi) is 4.38. The molecule has 3 aromatic carbocycles. The summed E-state index contributed by atoms with van der Waals surface area (Å²) >= 11 is 0. The maximum Gasteiger partial charge on any atom is 0.310 e. The molecule has 0 saturated carbocycles. The highest BCUT2D eigenvalue weighted by Gasteiger charge is 2.31. The third kappa shape index (κ3) is 3.17. The van der Waals surface area contributed by atoms with Crippen LogP contribution in [0.4, 0.5) is 0 Å². The van der Waals surface area contributed by atoms with Crippen molar-refractivity contribution in [3.8, 4) is 0 Å². The molecule has 0 bridgehead atoms. The van der Waals surface area contributed by atoms with E-state index in [1.807, 2.05) is 30.3 Å². The average molecular weight is 356 g/mol. The van der Waals surface area contributed by atoms with Crippen LogP contribution in [0.1, 0.15) is 43.0 Å². The van der Waals surface area contributed by atoms with Crippen LogP contribution in [0.3, 0.4) is 0 Å². The molecule has 4 rings (SSSR count). The van der Waals surface area contributed by atoms with Crippen molar-refractivity contribution < 1.29 is 19.1 Å². The molecule has 0 atom stereocenters. The van der Waals surface area contributed by atoms with Gasteiger partial charge in [0.05, 0.1) is 6.42 Å². The molecule has 3 aromatic rings. The molecule has 0 aromatic heterocycles. The predicted octanol–water partition coefficient (Wildman–Crippen LogP) is 3.75. The number of hydrogen-bond donors (Lipinski definition) is 0. The number of hydrogen-bond acceptors (Lipinski definition) is 4. The van der Waals surface area contributed by atoms with Gasteiger partial charge in [0.1, 0.15) is 6.61 Å². The zero-order chi connectivity index (χ0) is 18.8. The zero-order valence-electron chi connectivity index (χ0n) is 14.5. The fourth-order valence-electron chi connectivity index (χ4n) is 3.31. The molecule has 132 valence electrons. The Morgan fingerprint density at radius 1 is 0.704 bits per heavy atom. The van der Waals surface area contributed by atoms with E-state index in [4.69, 9.17) is 4.74 Å². The van der Waals surface area contributed by atoms with Gasteiger partial charge in [-0.25, -0.2) is 0 Å². The van der Waals surface area contributed by atoms with Crippen molar-refractivity contribution >= 4 is 17.5 Å². The van der Waals surface area contributed by atoms with Crippen LogP contribution in [0.25, 0.3) is 0 Å². The standard InChI is InChI=1S/C23H16O4/c24-20(27-14-15-7-2-1-3-8-15)13-16-9-6-12-19-21(16)23(26)18-11-5-4-10-17(18)22(19)25/h1-12H,13-14H2. The lowest BCUT2D eigenvalue weighted by molar-refractivity contribution is -0.144. The molecule has 27 heavy (non-hydrogen) atoms. The monoisotopic (exact) mass is 356 g/mol. The second-order valence-corrected chi connectivity index (χ2v) is 6.37. The van der Waals surface area contributed by atoms with E-state index in [1.54, 1.807) is 42.5 Å². The van der Waals surface area contributed by atoms with Gasteiger partial charge in [-0.3, -0.25) is 14.4 Å². The van der Waals surface area contributed by atoms with E-state index in [0.717, 1.165) is 5.56 Å². The summed E-state index contributed by atoms with van der Waals surface area (Å²) in [5.41, 5.74) is 2.82. The summed E-state index contributed by atoms with van der Waals surface area (Å²) in [5.74, 6) is -0.863. The normalized spacial score (nSPS) is 12.3. The first-order valence-corrected chi connectivity index (χ1v) is 8.65. The summed E-state index contributed by atoms with van der Waals surface area (Å²) in [5, 5.41) is 0. The van der Waals surface area contributed by atoms with Gasteiger partial charge in [-0.15, -0.1) is 0 Å². The van der Waals surface area contributed by atoms with Gasteiger partial charge in [-0.05, 0) is 11.1 Å². The third-order valence-electron chi connectivity index (χ3n) is 4.62. The fraction of sp³-hybridized carbons (Fsp3) is 0.0870. The summed E-state index contributed by atoms with van der Waals surface area (Å²) in [6.45, 7) is 0.171. The topological polar surface area (TPSA) is 60.4 Å². The van der Waals surface area contributed by atoms with Crippen molar-refractivity contribution in [2.75, 3.05) is 0 Å². The largest absolute Gasteiger partial charge is 0.461 e. The second kappa shape index (κ2) is 7.00. The van der Waals surface area contributed by atoms with Gasteiger partial charge in [-0.2, -0.15) is 0 Å². The van der Waals surface area contributed by atoms with Crippen molar-refractivity contribution in [3.63, 3.8) is 0 Å². The molecule has 0 radical (unpaired) electrons. The number of ketones is 2. The van der Waals surface area contributed by atoms with Crippen molar-refractivity contribution in [2.45, 2.75) is 13.0 Å². The number of carbonyl (C=O) groups is 3. The van der Waals surface area contributed by atoms with Gasteiger partial charge in [0.15, 0.2) is 11.6 Å². The fourth-order valence-corrected chi connectivity index (χ4v) is 3.31. The van der Waals surface area contributed by atoms with Gasteiger partial charge < -0.3 is 4.74 Å². The Morgan fingerprint density at radius 2 is 1.33 bits per heavy atom. The van der Waals surface area contributed by atoms with E-state index in [-0.39, 0.29) is 24.6 Å². The molecule has 0 amide bonds. The molecule has 1 aliphatic rings. The highest BCUT2D eigenvalue weighted by molar-refractivity contribution is 6.29. The van der Waals surface area contributed by atoms with Crippen LogP contribution < -0.4 is 0 Å². The second-order valence-electron chi connectivity index (χ2n) is 6.37. The smallest absolute Gasteiger partial charge is 0.310 e. The van der Waals surface area contributed by atoms with Crippen molar-refractivity contribution in [2.24, 2.45) is 0 Å². The average Bonchev–Trinajstić information content (AvgIpc) is 2.71. The highest BCUT2D eigenvalue weighted by Crippen LogP contribution is 2.29. The summed E-state index contributed by atoms with van der Waals surface area (Å²) in [7, 11) is 0. The molecule has 0 N–H and O–H groups in total. The SMILES string of the molecule is O=C(Cc1cccc2c1C(=O)c1ccccc1C2=O)OCc1ccccc1. The Bertz CT molecular complexity index is 1050. The number of rotatable bonds is 4. The van der Waals surface area contributed by atoms with E-state index < -0.39 is 5.97 Å². The Labute approximate surface area is 156 Å². The minimum atomic E-state index is -0.439. The lowest BCUT2D eigenvalue weighted by Gasteiger charge is -2.19. The lowest BCUT2D eigenvalue weighted by atomic mass is 9.81. The molecule has 1 aliphatic carbocycles. The molecule has 4 nitrogen and oxygen atoms in total. The van der Waals surface area contributed by atoms with Crippen LogP contribution in [0.5, 0.6) is 0 Å². The van der Waals surface area contributed by atoms with Crippen molar-refractivity contribution in [1.29, 1.82) is 0 Å². The van der Waals surface area contributed by atoms with Gasteiger partial charge in [0.25, 0.3) is 0 Å². The lowest BCUT2D eigenvalue weighted by Crippen LogP contribution is -2.23. The molecule has 0 saturated heterocycles. The minimum absolute atomic E-state index is 0.0583. The van der Waals surface area contributed by atoms with Crippen molar-refractivity contribution in [3.05, 3.63) is 106 Å². The minimum Gasteiger partial charge on any atom is -0.461 e. The van der Waals surface area contributed by atoms with E-state index >= 15 is 0 Å². The van der Waals surface area contributed by atoms with Crippen LogP contribution in [0.2, 0.25) is 0 Å². The van der Waals surface area contributed by atoms with Gasteiger partial charge in [0, 0.05) is 22.3 Å². The van der Waals surface area contributed by atoms with Crippen LogP contribution in [-0.4, -0.2) is 17.5 Å². The first-order chi connectivity index (χ1) is 13.1. The van der Waals surface area contributed by atoms with E-state index in [2.05, 4.69) is 0 Å². The first kappa shape index (κ1) is 16.9. The summed E-state index contributed by atoms with van der Waals surface area (Å²) in [6, 6.07) is 21.2. The van der Waals surface area contributed by atoms with Gasteiger partial charge in [-0.1, -0.05) is 72.8 Å². The molecule has 0 fully saturated rings. The summed E-state index contributed by atoms with van der Waals surface area (Å²) in [6.07, 6.45) is -0.0583. The van der Waals surface area contributed by atoms with E-state index in [0.29, 0.717) is 27.8 Å². The maximum atomic E-state index is 12.9. The third-order valence-corrected chi connectivity index (χ3v) is 4.62. The number of fused-ring (bicyclic) bond motifs is 2. The van der Waals surface area contributed by atoms with Crippen LogP contribution in [-0.2, 0) is 22.6 Å². The van der Waals surface area contributed by atoms with Gasteiger partial charge in [0.2, 0.25) is 0 Å². The molecule has 0 spiro atoms. The molecule has 0 heterocycles.